The standard InChI is InChI=1S/C21H30N2O3S/c1-4-27-13-12-18(22)19(24)20(25)26-14-21(2,23-3)17-11-7-9-15-8-5-6-10-16(15)17/h5-11,18-19,23-24H,4,12-14,22H2,1-3H3/t18-,19?,21?/m1/s1. The molecule has 0 aliphatic carbocycles. The molecule has 0 spiro atoms. The van der Waals surface area contributed by atoms with Gasteiger partial charge in [-0.15, -0.1) is 0 Å². The van der Waals surface area contributed by atoms with E-state index < -0.39 is 23.7 Å². The smallest absolute Gasteiger partial charge is 0.336 e. The molecule has 5 nitrogen and oxygen atoms in total. The number of esters is 1. The fraction of sp³-hybridized carbons (Fsp3) is 0.476. The van der Waals surface area contributed by atoms with Gasteiger partial charge in [0, 0.05) is 6.04 Å². The molecule has 0 aromatic heterocycles. The van der Waals surface area contributed by atoms with Crippen molar-refractivity contribution in [2.75, 3.05) is 25.2 Å². The van der Waals surface area contributed by atoms with Crippen molar-refractivity contribution in [3.63, 3.8) is 0 Å². The number of thioether (sulfide) groups is 1. The number of hydrogen-bond acceptors (Lipinski definition) is 6. The molecule has 0 bridgehead atoms. The maximum Gasteiger partial charge on any atom is 0.336 e. The molecule has 0 aliphatic rings. The Bertz CT molecular complexity index is 750. The molecule has 148 valence electrons. The summed E-state index contributed by atoms with van der Waals surface area (Å²) in [5.74, 6) is 1.12. The minimum atomic E-state index is -1.31. The molecule has 27 heavy (non-hydrogen) atoms. The molecule has 0 fully saturated rings. The van der Waals surface area contributed by atoms with Crippen molar-refractivity contribution in [2.24, 2.45) is 5.73 Å². The number of nitrogens with two attached hydrogens (primary N) is 1. The van der Waals surface area contributed by atoms with Gasteiger partial charge in [-0.05, 0) is 48.2 Å². The number of carbonyl (C=O) groups excluding carboxylic acids is 1. The molecule has 0 heterocycles. The highest BCUT2D eigenvalue weighted by atomic mass is 32.2. The topological polar surface area (TPSA) is 84.6 Å². The summed E-state index contributed by atoms with van der Waals surface area (Å²) in [6.07, 6.45) is -0.738. The van der Waals surface area contributed by atoms with E-state index in [-0.39, 0.29) is 6.61 Å². The summed E-state index contributed by atoms with van der Waals surface area (Å²) < 4.78 is 5.45. The first-order valence-electron chi connectivity index (χ1n) is 9.28. The third kappa shape index (κ3) is 5.45. The van der Waals surface area contributed by atoms with Gasteiger partial charge < -0.3 is 20.9 Å². The number of aliphatic hydroxyl groups is 1. The number of carbonyl (C=O) groups is 1. The average Bonchev–Trinajstić information content (AvgIpc) is 2.70. The molecule has 0 radical (unpaired) electrons. The lowest BCUT2D eigenvalue weighted by Crippen LogP contribution is -2.46. The largest absolute Gasteiger partial charge is 0.461 e. The number of nitrogens with one attached hydrogen (secondary N) is 1. The van der Waals surface area contributed by atoms with E-state index >= 15 is 0 Å². The summed E-state index contributed by atoms with van der Waals surface area (Å²) in [7, 11) is 1.83. The fourth-order valence-corrected chi connectivity index (χ4v) is 3.72. The predicted molar refractivity (Wildman–Crippen MR) is 113 cm³/mol. The van der Waals surface area contributed by atoms with Gasteiger partial charge in [-0.2, -0.15) is 11.8 Å². The zero-order valence-corrected chi connectivity index (χ0v) is 17.1. The van der Waals surface area contributed by atoms with Gasteiger partial charge >= 0.3 is 5.97 Å². The normalized spacial score (nSPS) is 15.9. The Morgan fingerprint density at radius 3 is 2.70 bits per heavy atom. The molecular formula is C21H30N2O3S. The van der Waals surface area contributed by atoms with Crippen LogP contribution in [0.25, 0.3) is 10.8 Å². The van der Waals surface area contributed by atoms with E-state index in [1.54, 1.807) is 11.8 Å². The zero-order chi connectivity index (χ0) is 19.9. The number of aliphatic hydroxyl groups excluding tert-OH is 1. The lowest BCUT2D eigenvalue weighted by Gasteiger charge is -2.31. The Morgan fingerprint density at radius 1 is 1.30 bits per heavy atom. The number of fused-ring (bicyclic) bond motifs is 1. The highest BCUT2D eigenvalue weighted by molar-refractivity contribution is 7.99. The molecular weight excluding hydrogens is 360 g/mol. The van der Waals surface area contributed by atoms with Crippen LogP contribution >= 0.6 is 11.8 Å². The van der Waals surface area contributed by atoms with E-state index in [2.05, 4.69) is 30.4 Å². The molecule has 2 aromatic rings. The summed E-state index contributed by atoms with van der Waals surface area (Å²) >= 11 is 1.73. The van der Waals surface area contributed by atoms with Crippen LogP contribution in [0.2, 0.25) is 0 Å². The Labute approximate surface area is 165 Å². The van der Waals surface area contributed by atoms with Gasteiger partial charge in [-0.1, -0.05) is 49.4 Å². The minimum Gasteiger partial charge on any atom is -0.461 e. The quantitative estimate of drug-likeness (QED) is 0.427. The molecule has 0 saturated carbocycles. The van der Waals surface area contributed by atoms with Gasteiger partial charge in [0.25, 0.3) is 0 Å². The highest BCUT2D eigenvalue weighted by Crippen LogP contribution is 2.29. The van der Waals surface area contributed by atoms with Gasteiger partial charge in [0.1, 0.15) is 6.61 Å². The number of benzene rings is 2. The number of rotatable bonds is 10. The maximum absolute atomic E-state index is 12.3. The molecule has 6 heteroatoms. The van der Waals surface area contributed by atoms with E-state index in [1.807, 2.05) is 38.2 Å². The van der Waals surface area contributed by atoms with Crippen molar-refractivity contribution in [1.29, 1.82) is 0 Å². The van der Waals surface area contributed by atoms with E-state index in [4.69, 9.17) is 10.5 Å². The van der Waals surface area contributed by atoms with Crippen LogP contribution < -0.4 is 11.1 Å². The summed E-state index contributed by atoms with van der Waals surface area (Å²) in [5.41, 5.74) is 6.39. The monoisotopic (exact) mass is 390 g/mol. The Hall–Kier alpha value is -1.60. The number of ether oxygens (including phenoxy) is 1. The second-order valence-electron chi connectivity index (χ2n) is 6.81. The summed E-state index contributed by atoms with van der Waals surface area (Å²) in [5, 5.41) is 15.6. The van der Waals surface area contributed by atoms with Crippen molar-refractivity contribution >= 4 is 28.5 Å². The third-order valence-electron chi connectivity index (χ3n) is 4.89. The first-order chi connectivity index (χ1) is 12.9. The van der Waals surface area contributed by atoms with Crippen LogP contribution in [0.4, 0.5) is 0 Å². The second kappa shape index (κ2) is 10.1. The highest BCUT2D eigenvalue weighted by Gasteiger charge is 2.31. The van der Waals surface area contributed by atoms with Crippen LogP contribution in [0.15, 0.2) is 42.5 Å². The van der Waals surface area contributed by atoms with Gasteiger partial charge in [-0.25, -0.2) is 4.79 Å². The van der Waals surface area contributed by atoms with Gasteiger partial charge in [0.2, 0.25) is 0 Å². The number of likely N-dealkylation sites (N-methyl/N-ethyl adjacent to an activating group) is 1. The van der Waals surface area contributed by atoms with Crippen LogP contribution in [-0.4, -0.2) is 48.4 Å². The van der Waals surface area contributed by atoms with Crippen LogP contribution in [-0.2, 0) is 15.1 Å². The predicted octanol–water partition coefficient (Wildman–Crippen LogP) is 2.65. The molecule has 3 atom stereocenters. The van der Waals surface area contributed by atoms with Crippen molar-refractivity contribution in [1.82, 2.24) is 5.32 Å². The molecule has 2 rings (SSSR count). The fourth-order valence-electron chi connectivity index (χ4n) is 2.99. The molecule has 4 N–H and O–H groups in total. The van der Waals surface area contributed by atoms with Crippen LogP contribution in [0.3, 0.4) is 0 Å². The number of hydrogen-bond donors (Lipinski definition) is 3. The Kier molecular flexibility index (Phi) is 8.10. The first-order valence-corrected chi connectivity index (χ1v) is 10.4. The van der Waals surface area contributed by atoms with Gasteiger partial charge in [-0.3, -0.25) is 0 Å². The lowest BCUT2D eigenvalue weighted by atomic mass is 9.88. The van der Waals surface area contributed by atoms with Crippen LogP contribution in [0, 0.1) is 0 Å². The third-order valence-corrected chi connectivity index (χ3v) is 5.82. The van der Waals surface area contributed by atoms with E-state index in [1.165, 1.54) is 0 Å². The molecule has 2 unspecified atom stereocenters. The Balaban J connectivity index is 2.08. The summed E-state index contributed by atoms with van der Waals surface area (Å²) in [4.78, 5) is 12.3. The molecule has 0 saturated heterocycles. The van der Waals surface area contributed by atoms with E-state index in [9.17, 15) is 9.90 Å². The van der Waals surface area contributed by atoms with Gasteiger partial charge in [0.05, 0.1) is 5.54 Å². The first kappa shape index (κ1) is 21.7. The van der Waals surface area contributed by atoms with E-state index in [0.717, 1.165) is 27.8 Å². The summed E-state index contributed by atoms with van der Waals surface area (Å²) in [6, 6.07) is 13.5. The Morgan fingerprint density at radius 2 is 2.00 bits per heavy atom. The van der Waals surface area contributed by atoms with Crippen molar-refractivity contribution < 1.29 is 14.6 Å². The SMILES string of the molecule is CCSCC[C@@H](N)C(O)C(=O)OCC(C)(NC)c1cccc2ccccc12. The van der Waals surface area contributed by atoms with Crippen LogP contribution in [0.5, 0.6) is 0 Å². The van der Waals surface area contributed by atoms with Crippen molar-refractivity contribution in [3.05, 3.63) is 48.0 Å². The van der Waals surface area contributed by atoms with Crippen molar-refractivity contribution in [3.8, 4) is 0 Å². The molecule has 0 aliphatic heterocycles. The zero-order valence-electron chi connectivity index (χ0n) is 16.3. The van der Waals surface area contributed by atoms with Gasteiger partial charge in [0.15, 0.2) is 6.10 Å². The molecule has 2 aromatic carbocycles. The summed E-state index contributed by atoms with van der Waals surface area (Å²) in [6.45, 7) is 4.14. The van der Waals surface area contributed by atoms with Crippen LogP contribution in [0.1, 0.15) is 25.8 Å². The average molecular weight is 391 g/mol. The maximum atomic E-state index is 12.3. The minimum absolute atomic E-state index is 0.101. The second-order valence-corrected chi connectivity index (χ2v) is 8.20. The van der Waals surface area contributed by atoms with Crippen molar-refractivity contribution in [2.45, 2.75) is 38.0 Å². The van der Waals surface area contributed by atoms with E-state index in [0.29, 0.717) is 6.42 Å². The lowest BCUT2D eigenvalue weighted by molar-refractivity contribution is -0.156. The molecule has 0 amide bonds.